The van der Waals surface area contributed by atoms with Crippen LogP contribution >= 0.6 is 27.3 Å². The number of sulfonamides is 1. The molecule has 23 heavy (non-hydrogen) atoms. The minimum atomic E-state index is -3.52. The molecule has 1 aromatic heterocycles. The van der Waals surface area contributed by atoms with Gasteiger partial charge >= 0.3 is 0 Å². The standard InChI is InChI=1S/C15H18BrNO4S2/c1-3-20-12-6-5-11(9-13(12)21-4-2)10-17-23(18,19)15-8-7-14(16)22-15/h5-9,17H,3-4,10H2,1-2H3. The van der Waals surface area contributed by atoms with Gasteiger partial charge in [0.05, 0.1) is 17.0 Å². The quantitative estimate of drug-likeness (QED) is 0.706. The third kappa shape index (κ3) is 4.94. The van der Waals surface area contributed by atoms with Gasteiger partial charge in [0.15, 0.2) is 11.5 Å². The molecule has 0 aliphatic carbocycles. The molecule has 126 valence electrons. The lowest BCUT2D eigenvalue weighted by molar-refractivity contribution is 0.287. The predicted molar refractivity (Wildman–Crippen MR) is 94.8 cm³/mol. The first-order chi connectivity index (χ1) is 11.0. The molecule has 0 atom stereocenters. The molecule has 0 aliphatic heterocycles. The first-order valence-electron chi connectivity index (χ1n) is 7.09. The Morgan fingerprint density at radius 1 is 1.09 bits per heavy atom. The molecule has 8 heteroatoms. The summed E-state index contributed by atoms with van der Waals surface area (Å²) in [6, 6.07) is 8.69. The van der Waals surface area contributed by atoms with Gasteiger partial charge in [-0.2, -0.15) is 0 Å². The van der Waals surface area contributed by atoms with Crippen molar-refractivity contribution in [2.75, 3.05) is 13.2 Å². The van der Waals surface area contributed by atoms with E-state index in [-0.39, 0.29) is 10.8 Å². The lowest BCUT2D eigenvalue weighted by Gasteiger charge is -2.12. The van der Waals surface area contributed by atoms with E-state index in [0.717, 1.165) is 9.35 Å². The predicted octanol–water partition coefficient (Wildman–Crippen LogP) is 3.79. The highest BCUT2D eigenvalue weighted by Gasteiger charge is 2.16. The number of hydrogen-bond acceptors (Lipinski definition) is 5. The maximum atomic E-state index is 12.2. The van der Waals surface area contributed by atoms with Crippen molar-refractivity contribution in [1.82, 2.24) is 4.72 Å². The van der Waals surface area contributed by atoms with E-state index >= 15 is 0 Å². The van der Waals surface area contributed by atoms with Gasteiger partial charge in [0, 0.05) is 6.54 Å². The van der Waals surface area contributed by atoms with Crippen LogP contribution in [0.1, 0.15) is 19.4 Å². The van der Waals surface area contributed by atoms with Crippen molar-refractivity contribution in [2.24, 2.45) is 0 Å². The maximum Gasteiger partial charge on any atom is 0.250 e. The Hall–Kier alpha value is -1.09. The Labute approximate surface area is 148 Å². The number of nitrogens with one attached hydrogen (secondary N) is 1. The minimum absolute atomic E-state index is 0.185. The summed E-state index contributed by atoms with van der Waals surface area (Å²) < 4.78 is 39.1. The van der Waals surface area contributed by atoms with Gasteiger partial charge in [-0.3, -0.25) is 0 Å². The van der Waals surface area contributed by atoms with Gasteiger partial charge in [-0.1, -0.05) is 6.07 Å². The van der Waals surface area contributed by atoms with E-state index in [2.05, 4.69) is 20.7 Å². The van der Waals surface area contributed by atoms with Crippen LogP contribution in [0, 0.1) is 0 Å². The van der Waals surface area contributed by atoms with Crippen LogP contribution in [-0.2, 0) is 16.6 Å². The summed E-state index contributed by atoms with van der Waals surface area (Å²) in [6.45, 7) is 5.03. The smallest absolute Gasteiger partial charge is 0.250 e. The van der Waals surface area contributed by atoms with Crippen LogP contribution in [0.2, 0.25) is 0 Å². The lowest BCUT2D eigenvalue weighted by atomic mass is 10.2. The number of halogens is 1. The fourth-order valence-corrected chi connectivity index (χ4v) is 4.97. The second-order valence-corrected chi connectivity index (χ2v) is 8.99. The fraction of sp³-hybridized carbons (Fsp3) is 0.333. The van der Waals surface area contributed by atoms with Crippen molar-refractivity contribution in [2.45, 2.75) is 24.6 Å². The van der Waals surface area contributed by atoms with Gasteiger partial charge in [-0.25, -0.2) is 13.1 Å². The van der Waals surface area contributed by atoms with Crippen LogP contribution in [0.4, 0.5) is 0 Å². The van der Waals surface area contributed by atoms with Gasteiger partial charge in [-0.05, 0) is 59.6 Å². The summed E-state index contributed by atoms with van der Waals surface area (Å²) in [6.07, 6.45) is 0. The highest BCUT2D eigenvalue weighted by Crippen LogP contribution is 2.29. The van der Waals surface area contributed by atoms with E-state index in [1.165, 1.54) is 11.3 Å². The molecule has 0 spiro atoms. The number of hydrogen-bond donors (Lipinski definition) is 1. The van der Waals surface area contributed by atoms with Crippen molar-refractivity contribution in [1.29, 1.82) is 0 Å². The molecule has 0 saturated carbocycles. The number of rotatable bonds is 8. The highest BCUT2D eigenvalue weighted by molar-refractivity contribution is 9.11. The summed E-state index contributed by atoms with van der Waals surface area (Å²) in [7, 11) is -3.52. The number of thiophene rings is 1. The molecule has 1 heterocycles. The van der Waals surface area contributed by atoms with Crippen LogP contribution in [0.3, 0.4) is 0 Å². The monoisotopic (exact) mass is 419 g/mol. The van der Waals surface area contributed by atoms with Gasteiger partial charge in [0.25, 0.3) is 0 Å². The zero-order valence-corrected chi connectivity index (χ0v) is 16.1. The van der Waals surface area contributed by atoms with Crippen LogP contribution in [0.15, 0.2) is 38.3 Å². The minimum Gasteiger partial charge on any atom is -0.490 e. The Kier molecular flexibility index (Phi) is 6.46. The maximum absolute atomic E-state index is 12.2. The molecular weight excluding hydrogens is 402 g/mol. The van der Waals surface area contributed by atoms with Crippen molar-refractivity contribution >= 4 is 37.3 Å². The molecule has 5 nitrogen and oxygen atoms in total. The van der Waals surface area contributed by atoms with Crippen LogP contribution in [0.5, 0.6) is 11.5 Å². The molecule has 0 aliphatic rings. The second kappa shape index (κ2) is 8.14. The molecule has 1 N–H and O–H groups in total. The Bertz CT molecular complexity index is 759. The zero-order chi connectivity index (χ0) is 16.9. The molecule has 0 unspecified atom stereocenters. The van der Waals surface area contributed by atoms with Crippen LogP contribution < -0.4 is 14.2 Å². The summed E-state index contributed by atoms with van der Waals surface area (Å²) in [5.74, 6) is 1.27. The lowest BCUT2D eigenvalue weighted by Crippen LogP contribution is -2.22. The van der Waals surface area contributed by atoms with E-state index in [1.54, 1.807) is 24.3 Å². The second-order valence-electron chi connectivity index (χ2n) is 4.53. The summed E-state index contributed by atoms with van der Waals surface area (Å²) in [4.78, 5) is 0. The van der Waals surface area contributed by atoms with E-state index in [1.807, 2.05) is 19.9 Å². The Morgan fingerprint density at radius 2 is 1.78 bits per heavy atom. The van der Waals surface area contributed by atoms with E-state index in [4.69, 9.17) is 9.47 Å². The molecule has 0 fully saturated rings. The van der Waals surface area contributed by atoms with Gasteiger partial charge in [0.2, 0.25) is 10.0 Å². The van der Waals surface area contributed by atoms with Crippen molar-refractivity contribution < 1.29 is 17.9 Å². The van der Waals surface area contributed by atoms with Crippen molar-refractivity contribution in [3.8, 4) is 11.5 Å². The molecular formula is C15H18BrNO4S2. The first kappa shape index (κ1) is 18.3. The molecule has 0 radical (unpaired) electrons. The molecule has 0 saturated heterocycles. The molecule has 0 bridgehead atoms. The highest BCUT2D eigenvalue weighted by atomic mass is 79.9. The number of ether oxygens (including phenoxy) is 2. The largest absolute Gasteiger partial charge is 0.490 e. The van der Waals surface area contributed by atoms with Gasteiger partial charge in [0.1, 0.15) is 4.21 Å². The van der Waals surface area contributed by atoms with E-state index in [0.29, 0.717) is 24.7 Å². The Balaban J connectivity index is 2.12. The SMILES string of the molecule is CCOc1ccc(CNS(=O)(=O)c2ccc(Br)s2)cc1OCC. The summed E-state index contributed by atoms with van der Waals surface area (Å²) in [5.41, 5.74) is 0.802. The molecule has 2 aromatic rings. The Morgan fingerprint density at radius 3 is 2.39 bits per heavy atom. The normalized spacial score (nSPS) is 11.4. The van der Waals surface area contributed by atoms with Gasteiger partial charge in [-0.15, -0.1) is 11.3 Å². The van der Waals surface area contributed by atoms with E-state index < -0.39 is 10.0 Å². The van der Waals surface area contributed by atoms with Crippen molar-refractivity contribution in [3.63, 3.8) is 0 Å². The molecule has 1 aromatic carbocycles. The zero-order valence-electron chi connectivity index (χ0n) is 12.8. The van der Waals surface area contributed by atoms with Crippen LogP contribution in [0.25, 0.3) is 0 Å². The number of benzene rings is 1. The van der Waals surface area contributed by atoms with E-state index in [9.17, 15) is 8.42 Å². The first-order valence-corrected chi connectivity index (χ1v) is 10.2. The topological polar surface area (TPSA) is 64.6 Å². The third-order valence-corrected chi connectivity index (χ3v) is 6.40. The van der Waals surface area contributed by atoms with Crippen LogP contribution in [-0.4, -0.2) is 21.6 Å². The average molecular weight is 420 g/mol. The van der Waals surface area contributed by atoms with Gasteiger partial charge < -0.3 is 9.47 Å². The summed E-state index contributed by atoms with van der Waals surface area (Å²) in [5, 5.41) is 0. The van der Waals surface area contributed by atoms with Crippen molar-refractivity contribution in [3.05, 3.63) is 39.7 Å². The summed E-state index contributed by atoms with van der Waals surface area (Å²) >= 11 is 4.44. The molecule has 0 amide bonds. The third-order valence-electron chi connectivity index (χ3n) is 2.89. The fourth-order valence-electron chi connectivity index (χ4n) is 1.90. The molecule has 2 rings (SSSR count). The average Bonchev–Trinajstić information content (AvgIpc) is 2.95.